The Morgan fingerprint density at radius 1 is 1.19 bits per heavy atom. The van der Waals surface area contributed by atoms with Crippen LogP contribution in [0.15, 0.2) is 47.1 Å². The fraction of sp³-hybridized carbons (Fsp3) is 0.316. The number of hydrogen-bond acceptors (Lipinski definition) is 7. The number of furan rings is 1. The first-order valence-corrected chi connectivity index (χ1v) is 8.01. The lowest BCUT2D eigenvalue weighted by molar-refractivity contribution is -0.138. The molecule has 26 heavy (non-hydrogen) atoms. The summed E-state index contributed by atoms with van der Waals surface area (Å²) in [7, 11) is 4.59. The summed E-state index contributed by atoms with van der Waals surface area (Å²) >= 11 is 0. The maximum Gasteiger partial charge on any atom is 0.335 e. The molecule has 0 saturated carbocycles. The number of rotatable bonds is 9. The predicted octanol–water partition coefficient (Wildman–Crippen LogP) is 3.58. The fourth-order valence-electron chi connectivity index (χ4n) is 2.46. The number of nitrogens with one attached hydrogen (secondary N) is 1. The molecule has 0 aliphatic rings. The Morgan fingerprint density at radius 3 is 2.31 bits per heavy atom. The van der Waals surface area contributed by atoms with Crippen molar-refractivity contribution in [3.05, 3.63) is 48.4 Å². The molecule has 0 amide bonds. The van der Waals surface area contributed by atoms with Crippen molar-refractivity contribution in [2.75, 3.05) is 33.3 Å². The number of benzene rings is 1. The van der Waals surface area contributed by atoms with Gasteiger partial charge in [0, 0.05) is 17.8 Å². The molecule has 0 radical (unpaired) electrons. The highest BCUT2D eigenvalue weighted by atomic mass is 16.5. The highest BCUT2D eigenvalue weighted by molar-refractivity contribution is 5.90. The monoisotopic (exact) mass is 361 g/mol. The standard InChI is InChI=1S/C19H23NO6/c1-6-25-19(21)12(2)17(14-8-7-9-26-14)20-13-10-15(22-3)18(24-5)16(11-13)23-4/h7-11,17,20H,2,6H2,1,3-5H3. The topological polar surface area (TPSA) is 79.2 Å². The van der Waals surface area contributed by atoms with Gasteiger partial charge in [-0.1, -0.05) is 6.58 Å². The molecule has 0 aliphatic heterocycles. The van der Waals surface area contributed by atoms with Crippen LogP contribution >= 0.6 is 0 Å². The van der Waals surface area contributed by atoms with E-state index in [0.717, 1.165) is 0 Å². The Kier molecular flexibility index (Phi) is 6.54. The first-order valence-electron chi connectivity index (χ1n) is 8.01. The highest BCUT2D eigenvalue weighted by Crippen LogP contribution is 2.41. The molecule has 1 aromatic carbocycles. The molecule has 2 rings (SSSR count). The van der Waals surface area contributed by atoms with Crippen molar-refractivity contribution in [2.45, 2.75) is 13.0 Å². The molecule has 7 nitrogen and oxygen atoms in total. The maximum atomic E-state index is 12.1. The zero-order chi connectivity index (χ0) is 19.1. The van der Waals surface area contributed by atoms with E-state index < -0.39 is 12.0 Å². The van der Waals surface area contributed by atoms with Gasteiger partial charge in [-0.05, 0) is 19.1 Å². The summed E-state index contributed by atoms with van der Waals surface area (Å²) in [5.41, 5.74) is 0.849. The number of anilines is 1. The van der Waals surface area contributed by atoms with E-state index in [2.05, 4.69) is 11.9 Å². The molecule has 0 spiro atoms. The summed E-state index contributed by atoms with van der Waals surface area (Å²) in [4.78, 5) is 12.1. The van der Waals surface area contributed by atoms with Crippen LogP contribution in [0.4, 0.5) is 5.69 Å². The summed E-state index contributed by atoms with van der Waals surface area (Å²) in [6.07, 6.45) is 1.53. The SMILES string of the molecule is C=C(C(=O)OCC)C(Nc1cc(OC)c(OC)c(OC)c1)c1ccco1. The minimum Gasteiger partial charge on any atom is -0.493 e. The van der Waals surface area contributed by atoms with E-state index in [1.165, 1.54) is 27.6 Å². The van der Waals surface area contributed by atoms with Crippen LogP contribution < -0.4 is 19.5 Å². The Labute approximate surface area is 152 Å². The molecule has 0 fully saturated rings. The van der Waals surface area contributed by atoms with Crippen LogP contribution in [0.25, 0.3) is 0 Å². The third kappa shape index (κ3) is 4.11. The van der Waals surface area contributed by atoms with Gasteiger partial charge in [-0.25, -0.2) is 4.79 Å². The summed E-state index contributed by atoms with van der Waals surface area (Å²) in [5.74, 6) is 1.45. The third-order valence-corrected chi connectivity index (χ3v) is 3.69. The van der Waals surface area contributed by atoms with Gasteiger partial charge >= 0.3 is 5.97 Å². The largest absolute Gasteiger partial charge is 0.493 e. The number of hydrogen-bond donors (Lipinski definition) is 1. The van der Waals surface area contributed by atoms with Crippen molar-refractivity contribution >= 4 is 11.7 Å². The average molecular weight is 361 g/mol. The molecule has 1 atom stereocenters. The van der Waals surface area contributed by atoms with E-state index in [1.54, 1.807) is 31.2 Å². The number of carbonyl (C=O) groups excluding carboxylic acids is 1. The van der Waals surface area contributed by atoms with Gasteiger partial charge in [0.2, 0.25) is 5.75 Å². The zero-order valence-electron chi connectivity index (χ0n) is 15.3. The first kappa shape index (κ1) is 19.2. The lowest BCUT2D eigenvalue weighted by Gasteiger charge is -2.21. The number of ether oxygens (including phenoxy) is 4. The van der Waals surface area contributed by atoms with Gasteiger partial charge in [-0.2, -0.15) is 0 Å². The molecule has 2 aromatic rings. The minimum atomic E-state index is -0.619. The molecule has 1 heterocycles. The Hall–Kier alpha value is -3.09. The summed E-state index contributed by atoms with van der Waals surface area (Å²) < 4.78 is 26.5. The second-order valence-corrected chi connectivity index (χ2v) is 5.25. The van der Waals surface area contributed by atoms with Gasteiger partial charge in [0.05, 0.1) is 39.8 Å². The van der Waals surface area contributed by atoms with Gasteiger partial charge < -0.3 is 28.7 Å². The van der Waals surface area contributed by atoms with E-state index in [-0.39, 0.29) is 12.2 Å². The van der Waals surface area contributed by atoms with Crippen molar-refractivity contribution < 1.29 is 28.2 Å². The van der Waals surface area contributed by atoms with Crippen molar-refractivity contribution in [1.82, 2.24) is 0 Å². The van der Waals surface area contributed by atoms with E-state index >= 15 is 0 Å². The molecule has 1 aromatic heterocycles. The molecule has 0 bridgehead atoms. The van der Waals surface area contributed by atoms with Crippen molar-refractivity contribution in [2.24, 2.45) is 0 Å². The minimum absolute atomic E-state index is 0.218. The number of carbonyl (C=O) groups is 1. The van der Waals surface area contributed by atoms with Gasteiger partial charge in [0.25, 0.3) is 0 Å². The Bertz CT molecular complexity index is 728. The van der Waals surface area contributed by atoms with Crippen molar-refractivity contribution in [3.8, 4) is 17.2 Å². The van der Waals surface area contributed by atoms with E-state index in [9.17, 15) is 4.79 Å². The third-order valence-electron chi connectivity index (χ3n) is 3.69. The predicted molar refractivity (Wildman–Crippen MR) is 96.9 cm³/mol. The Morgan fingerprint density at radius 2 is 1.85 bits per heavy atom. The van der Waals surface area contributed by atoms with Crippen molar-refractivity contribution in [1.29, 1.82) is 0 Å². The van der Waals surface area contributed by atoms with Crippen molar-refractivity contribution in [3.63, 3.8) is 0 Å². The van der Waals surface area contributed by atoms with Crippen LogP contribution in [0.3, 0.4) is 0 Å². The van der Waals surface area contributed by atoms with Crippen LogP contribution in [0, 0.1) is 0 Å². The maximum absolute atomic E-state index is 12.1. The smallest absolute Gasteiger partial charge is 0.335 e. The fourth-order valence-corrected chi connectivity index (χ4v) is 2.46. The van der Waals surface area contributed by atoms with Crippen LogP contribution in [0.1, 0.15) is 18.7 Å². The molecular weight excluding hydrogens is 338 g/mol. The normalized spacial score (nSPS) is 11.4. The van der Waals surface area contributed by atoms with E-state index in [1.807, 2.05) is 0 Å². The van der Waals surface area contributed by atoms with E-state index in [0.29, 0.717) is 28.7 Å². The molecule has 1 N–H and O–H groups in total. The van der Waals surface area contributed by atoms with E-state index in [4.69, 9.17) is 23.4 Å². The van der Waals surface area contributed by atoms with Crippen LogP contribution in [-0.2, 0) is 9.53 Å². The second-order valence-electron chi connectivity index (χ2n) is 5.25. The quantitative estimate of drug-likeness (QED) is 0.540. The summed E-state index contributed by atoms with van der Waals surface area (Å²) in [6.45, 7) is 5.85. The first-order chi connectivity index (χ1) is 12.5. The number of esters is 1. The van der Waals surface area contributed by atoms with Gasteiger partial charge in [-0.15, -0.1) is 0 Å². The molecule has 0 aliphatic carbocycles. The average Bonchev–Trinajstić information content (AvgIpc) is 3.19. The lowest BCUT2D eigenvalue weighted by Crippen LogP contribution is -2.20. The lowest BCUT2D eigenvalue weighted by atomic mass is 10.1. The highest BCUT2D eigenvalue weighted by Gasteiger charge is 2.25. The van der Waals surface area contributed by atoms with Gasteiger partial charge in [-0.3, -0.25) is 0 Å². The molecule has 7 heteroatoms. The van der Waals surface area contributed by atoms with Crippen LogP contribution in [0.2, 0.25) is 0 Å². The van der Waals surface area contributed by atoms with Gasteiger partial charge in [0.1, 0.15) is 11.8 Å². The summed E-state index contributed by atoms with van der Waals surface area (Å²) in [6, 6.07) is 6.33. The molecule has 0 saturated heterocycles. The Balaban J connectivity index is 2.39. The van der Waals surface area contributed by atoms with Crippen LogP contribution in [-0.4, -0.2) is 33.9 Å². The molecule has 1 unspecified atom stereocenters. The van der Waals surface area contributed by atoms with Crippen LogP contribution in [0.5, 0.6) is 17.2 Å². The van der Waals surface area contributed by atoms with Gasteiger partial charge in [0.15, 0.2) is 11.5 Å². The number of methoxy groups -OCH3 is 3. The second kappa shape index (κ2) is 8.84. The zero-order valence-corrected chi connectivity index (χ0v) is 15.3. The molecule has 140 valence electrons. The summed E-state index contributed by atoms with van der Waals surface area (Å²) in [5, 5.41) is 3.21. The molecular formula is C19H23NO6.